The summed E-state index contributed by atoms with van der Waals surface area (Å²) in [6.45, 7) is 1.50. The first-order valence-corrected chi connectivity index (χ1v) is 7.01. The van der Waals surface area contributed by atoms with Crippen molar-refractivity contribution in [2.75, 3.05) is 25.0 Å². The van der Waals surface area contributed by atoms with Crippen LogP contribution in [0.5, 0.6) is 0 Å². The van der Waals surface area contributed by atoms with Gasteiger partial charge in [-0.25, -0.2) is 0 Å². The third-order valence-corrected chi connectivity index (χ3v) is 3.57. The highest BCUT2D eigenvalue weighted by atomic mass is 16.6. The van der Waals surface area contributed by atoms with Gasteiger partial charge in [0.2, 0.25) is 5.91 Å². The van der Waals surface area contributed by atoms with Crippen molar-refractivity contribution >= 4 is 17.3 Å². The van der Waals surface area contributed by atoms with E-state index in [1.807, 2.05) is 0 Å². The molecule has 0 aliphatic carbocycles. The molecule has 1 aliphatic rings. The number of rotatable bonds is 5. The van der Waals surface area contributed by atoms with Gasteiger partial charge in [-0.05, 0) is 18.9 Å². The van der Waals surface area contributed by atoms with E-state index in [9.17, 15) is 20.0 Å². The largest absolute Gasteiger partial charge is 0.393 e. The summed E-state index contributed by atoms with van der Waals surface area (Å²) in [4.78, 5) is 24.1. The first-order chi connectivity index (χ1) is 10.1. The van der Waals surface area contributed by atoms with Crippen LogP contribution >= 0.6 is 0 Å². The van der Waals surface area contributed by atoms with Gasteiger partial charge < -0.3 is 15.3 Å². The highest BCUT2D eigenvalue weighted by Crippen LogP contribution is 2.23. The van der Waals surface area contributed by atoms with Gasteiger partial charge in [-0.2, -0.15) is 0 Å². The third-order valence-electron chi connectivity index (χ3n) is 3.57. The van der Waals surface area contributed by atoms with Gasteiger partial charge in [0.05, 0.1) is 11.0 Å². The number of hydrogen-bond acceptors (Lipinski definition) is 5. The molecule has 1 aliphatic heterocycles. The summed E-state index contributed by atoms with van der Waals surface area (Å²) < 4.78 is 0. The summed E-state index contributed by atoms with van der Waals surface area (Å²) in [7, 11) is 0. The summed E-state index contributed by atoms with van der Waals surface area (Å²) >= 11 is 0. The van der Waals surface area contributed by atoms with Gasteiger partial charge in [-0.3, -0.25) is 14.9 Å². The number of aliphatic hydroxyl groups is 1. The smallest absolute Gasteiger partial charge is 0.292 e. The first kappa shape index (κ1) is 15.2. The fraction of sp³-hybridized carbons (Fsp3) is 0.500. The van der Waals surface area contributed by atoms with E-state index in [-0.39, 0.29) is 24.1 Å². The van der Waals surface area contributed by atoms with E-state index < -0.39 is 4.92 Å². The Kier molecular flexibility index (Phi) is 5.10. The molecule has 7 nitrogen and oxygen atoms in total. The lowest BCUT2D eigenvalue weighted by atomic mass is 10.1. The van der Waals surface area contributed by atoms with E-state index in [0.717, 1.165) is 0 Å². The lowest BCUT2D eigenvalue weighted by molar-refractivity contribution is -0.384. The summed E-state index contributed by atoms with van der Waals surface area (Å²) in [5.74, 6) is 0.00739. The van der Waals surface area contributed by atoms with Gasteiger partial charge >= 0.3 is 0 Å². The molecule has 2 N–H and O–H groups in total. The minimum absolute atomic E-state index is 0.00560. The van der Waals surface area contributed by atoms with Crippen molar-refractivity contribution in [1.29, 1.82) is 0 Å². The molecule has 0 unspecified atom stereocenters. The highest BCUT2D eigenvalue weighted by Gasteiger charge is 2.21. The molecule has 1 fully saturated rings. The molecule has 1 saturated heterocycles. The monoisotopic (exact) mass is 293 g/mol. The van der Waals surface area contributed by atoms with Crippen LogP contribution in [-0.4, -0.2) is 46.6 Å². The molecule has 0 bridgehead atoms. The number of benzene rings is 1. The maximum Gasteiger partial charge on any atom is 0.292 e. The van der Waals surface area contributed by atoms with Crippen molar-refractivity contribution in [3.8, 4) is 0 Å². The normalized spacial score (nSPS) is 15.8. The number of nitrogens with zero attached hydrogens (tertiary/aromatic N) is 2. The van der Waals surface area contributed by atoms with Gasteiger partial charge in [0.25, 0.3) is 5.69 Å². The molecule has 7 heteroatoms. The number of nitro benzene ring substituents is 1. The van der Waals surface area contributed by atoms with Crippen LogP contribution in [0, 0.1) is 10.1 Å². The Balaban J connectivity index is 1.82. The number of anilines is 1. The molecule has 0 atom stereocenters. The van der Waals surface area contributed by atoms with Crippen LogP contribution < -0.4 is 5.32 Å². The second-order valence-electron chi connectivity index (χ2n) is 5.06. The minimum Gasteiger partial charge on any atom is -0.393 e. The molecule has 2 rings (SSSR count). The number of hydrogen-bond donors (Lipinski definition) is 2. The van der Waals surface area contributed by atoms with E-state index in [4.69, 9.17) is 0 Å². The van der Waals surface area contributed by atoms with E-state index in [0.29, 0.717) is 38.2 Å². The number of piperidine rings is 1. The Hall–Kier alpha value is -2.15. The lowest BCUT2D eigenvalue weighted by Crippen LogP contribution is -2.40. The average Bonchev–Trinajstić information content (AvgIpc) is 2.48. The van der Waals surface area contributed by atoms with Gasteiger partial charge in [0.15, 0.2) is 0 Å². The van der Waals surface area contributed by atoms with Crippen LogP contribution in [0.15, 0.2) is 24.3 Å². The maximum atomic E-state index is 12.0. The van der Waals surface area contributed by atoms with Crippen molar-refractivity contribution in [1.82, 2.24) is 4.90 Å². The predicted molar refractivity (Wildman–Crippen MR) is 78.0 cm³/mol. The zero-order valence-electron chi connectivity index (χ0n) is 11.7. The van der Waals surface area contributed by atoms with Gasteiger partial charge in [-0.15, -0.1) is 0 Å². The van der Waals surface area contributed by atoms with E-state index in [2.05, 4.69) is 5.32 Å². The number of likely N-dealkylation sites (tertiary alicyclic amines) is 1. The van der Waals surface area contributed by atoms with E-state index in [1.54, 1.807) is 23.1 Å². The Morgan fingerprint density at radius 2 is 2.05 bits per heavy atom. The Morgan fingerprint density at radius 1 is 1.38 bits per heavy atom. The standard InChI is InChI=1S/C14H19N3O4/c18-11-6-9-16(10-7-11)14(19)5-8-15-12-3-1-2-4-13(12)17(20)21/h1-4,11,15,18H,5-10H2. The van der Waals surface area contributed by atoms with Crippen molar-refractivity contribution in [2.45, 2.75) is 25.4 Å². The Labute approximate surface area is 122 Å². The molecule has 0 spiro atoms. The molecule has 114 valence electrons. The third kappa shape index (κ3) is 4.16. The van der Waals surface area contributed by atoms with E-state index >= 15 is 0 Å². The van der Waals surface area contributed by atoms with Crippen LogP contribution in [0.25, 0.3) is 0 Å². The summed E-state index contributed by atoms with van der Waals surface area (Å²) in [5, 5.41) is 23.2. The van der Waals surface area contributed by atoms with Crippen LogP contribution in [-0.2, 0) is 4.79 Å². The fourth-order valence-electron chi connectivity index (χ4n) is 2.36. The molecular weight excluding hydrogens is 274 g/mol. The highest BCUT2D eigenvalue weighted by molar-refractivity contribution is 5.77. The summed E-state index contributed by atoms with van der Waals surface area (Å²) in [6.07, 6.45) is 1.20. The van der Waals surface area contributed by atoms with Crippen molar-refractivity contribution in [3.05, 3.63) is 34.4 Å². The number of amides is 1. The summed E-state index contributed by atoms with van der Waals surface area (Å²) in [6, 6.07) is 6.37. The Morgan fingerprint density at radius 3 is 2.71 bits per heavy atom. The predicted octanol–water partition coefficient (Wildman–Crippen LogP) is 1.38. The molecule has 21 heavy (non-hydrogen) atoms. The van der Waals surface area contributed by atoms with Gasteiger partial charge in [-0.1, -0.05) is 12.1 Å². The van der Waals surface area contributed by atoms with Crippen molar-refractivity contribution in [2.24, 2.45) is 0 Å². The number of nitro groups is 1. The number of para-hydroxylation sites is 2. The topological polar surface area (TPSA) is 95.7 Å². The molecular formula is C14H19N3O4. The minimum atomic E-state index is -0.448. The summed E-state index contributed by atoms with van der Waals surface area (Å²) in [5.41, 5.74) is 0.426. The van der Waals surface area contributed by atoms with Gasteiger partial charge in [0, 0.05) is 32.1 Å². The second-order valence-corrected chi connectivity index (χ2v) is 5.06. The quantitative estimate of drug-likeness (QED) is 0.631. The van der Waals surface area contributed by atoms with Crippen LogP contribution in [0.2, 0.25) is 0 Å². The van der Waals surface area contributed by atoms with Crippen LogP contribution in [0.1, 0.15) is 19.3 Å². The zero-order chi connectivity index (χ0) is 15.2. The first-order valence-electron chi connectivity index (χ1n) is 7.01. The number of aliphatic hydroxyl groups excluding tert-OH is 1. The van der Waals surface area contributed by atoms with E-state index in [1.165, 1.54) is 6.07 Å². The van der Waals surface area contributed by atoms with Crippen LogP contribution in [0.4, 0.5) is 11.4 Å². The molecule has 1 heterocycles. The molecule has 0 aromatic heterocycles. The van der Waals surface area contributed by atoms with Crippen molar-refractivity contribution < 1.29 is 14.8 Å². The van der Waals surface area contributed by atoms with Crippen molar-refractivity contribution in [3.63, 3.8) is 0 Å². The lowest BCUT2D eigenvalue weighted by Gasteiger charge is -2.29. The molecule has 1 amide bonds. The zero-order valence-corrected chi connectivity index (χ0v) is 11.7. The average molecular weight is 293 g/mol. The maximum absolute atomic E-state index is 12.0. The van der Waals surface area contributed by atoms with Gasteiger partial charge in [0.1, 0.15) is 5.69 Å². The molecule has 1 aromatic rings. The Bertz CT molecular complexity index is 513. The molecule has 0 saturated carbocycles. The SMILES string of the molecule is O=C(CCNc1ccccc1[N+](=O)[O-])N1CCC(O)CC1. The number of nitrogens with one attached hydrogen (secondary N) is 1. The molecule has 1 aromatic carbocycles. The second kappa shape index (κ2) is 7.03. The number of carbonyl (C=O) groups excluding carboxylic acids is 1. The number of carbonyl (C=O) groups is 1. The fourth-order valence-corrected chi connectivity index (χ4v) is 2.36. The molecule has 0 radical (unpaired) electrons. The van der Waals surface area contributed by atoms with Crippen LogP contribution in [0.3, 0.4) is 0 Å².